The number of hydrogen-bond donors (Lipinski definition) is 2. The number of hydrogen-bond acceptors (Lipinski definition) is 6. The van der Waals surface area contributed by atoms with Gasteiger partial charge in [0, 0.05) is 11.9 Å². The Morgan fingerprint density at radius 2 is 2.04 bits per heavy atom. The summed E-state index contributed by atoms with van der Waals surface area (Å²) in [5.74, 6) is 0.769. The fraction of sp³-hybridized carbons (Fsp3) is 0.471. The molecular formula is C17H22N4O2. The van der Waals surface area contributed by atoms with Gasteiger partial charge in [-0.1, -0.05) is 25.0 Å². The van der Waals surface area contributed by atoms with Gasteiger partial charge in [0.2, 0.25) is 5.95 Å². The zero-order chi connectivity index (χ0) is 16.3. The molecule has 1 aromatic heterocycles. The molecule has 1 saturated carbocycles. The van der Waals surface area contributed by atoms with Crippen LogP contribution in [0.5, 0.6) is 0 Å². The lowest BCUT2D eigenvalue weighted by molar-refractivity contribution is -0.154. The lowest BCUT2D eigenvalue weighted by atomic mass is 9.86. The van der Waals surface area contributed by atoms with E-state index in [1.165, 1.54) is 0 Å². The summed E-state index contributed by atoms with van der Waals surface area (Å²) in [4.78, 5) is 21.1. The smallest absolute Gasteiger partial charge is 0.313 e. The van der Waals surface area contributed by atoms with Crippen molar-refractivity contribution in [2.75, 3.05) is 24.2 Å². The topological polar surface area (TPSA) is 90.1 Å². The second-order valence-electron chi connectivity index (χ2n) is 6.01. The van der Waals surface area contributed by atoms with Gasteiger partial charge in [0.05, 0.1) is 17.5 Å². The minimum Gasteiger partial charge on any atom is -0.466 e. The van der Waals surface area contributed by atoms with Crippen LogP contribution in [0, 0.1) is 5.41 Å². The zero-order valence-corrected chi connectivity index (χ0v) is 13.3. The highest BCUT2D eigenvalue weighted by Crippen LogP contribution is 2.39. The summed E-state index contributed by atoms with van der Waals surface area (Å²) < 4.78 is 5.27. The molecule has 0 spiro atoms. The van der Waals surface area contributed by atoms with E-state index in [4.69, 9.17) is 10.5 Å². The molecule has 0 radical (unpaired) electrons. The SMILES string of the molecule is CCOC(=O)C1(CNc2nc(N)c3ccccc3n2)CCCC1. The minimum atomic E-state index is -0.472. The Hall–Kier alpha value is -2.37. The van der Waals surface area contributed by atoms with E-state index in [9.17, 15) is 4.79 Å². The first kappa shape index (κ1) is 15.5. The second-order valence-corrected chi connectivity index (χ2v) is 6.01. The summed E-state index contributed by atoms with van der Waals surface area (Å²) in [6.07, 6.45) is 3.76. The molecule has 1 aliphatic carbocycles. The van der Waals surface area contributed by atoms with E-state index >= 15 is 0 Å². The molecule has 122 valence electrons. The first-order valence-electron chi connectivity index (χ1n) is 8.08. The van der Waals surface area contributed by atoms with Crippen LogP contribution in [-0.2, 0) is 9.53 Å². The van der Waals surface area contributed by atoms with Crippen LogP contribution in [0.4, 0.5) is 11.8 Å². The van der Waals surface area contributed by atoms with Crippen LogP contribution in [0.3, 0.4) is 0 Å². The number of benzene rings is 1. The average molecular weight is 314 g/mol. The van der Waals surface area contributed by atoms with Gasteiger partial charge in [0.25, 0.3) is 0 Å². The molecule has 0 amide bonds. The average Bonchev–Trinajstić information content (AvgIpc) is 3.04. The lowest BCUT2D eigenvalue weighted by Gasteiger charge is -2.26. The van der Waals surface area contributed by atoms with Gasteiger partial charge in [-0.15, -0.1) is 0 Å². The normalized spacial score (nSPS) is 16.4. The van der Waals surface area contributed by atoms with Gasteiger partial charge in [-0.3, -0.25) is 4.79 Å². The van der Waals surface area contributed by atoms with E-state index in [1.807, 2.05) is 31.2 Å². The van der Waals surface area contributed by atoms with Gasteiger partial charge in [-0.25, -0.2) is 4.98 Å². The Morgan fingerprint density at radius 1 is 1.30 bits per heavy atom. The van der Waals surface area contributed by atoms with Gasteiger partial charge in [-0.05, 0) is 31.9 Å². The maximum absolute atomic E-state index is 12.3. The monoisotopic (exact) mass is 314 g/mol. The van der Waals surface area contributed by atoms with E-state index in [1.54, 1.807) is 0 Å². The Labute approximate surface area is 135 Å². The molecule has 0 aliphatic heterocycles. The van der Waals surface area contributed by atoms with Gasteiger partial charge in [0.15, 0.2) is 0 Å². The Morgan fingerprint density at radius 3 is 2.78 bits per heavy atom. The molecule has 1 fully saturated rings. The number of nitrogens with one attached hydrogen (secondary N) is 1. The molecule has 0 unspecified atom stereocenters. The molecule has 2 aromatic rings. The fourth-order valence-corrected chi connectivity index (χ4v) is 3.22. The van der Waals surface area contributed by atoms with Crippen molar-refractivity contribution in [1.82, 2.24) is 9.97 Å². The molecule has 3 rings (SSSR count). The predicted octanol–water partition coefficient (Wildman–Crippen LogP) is 2.75. The van der Waals surface area contributed by atoms with Crippen molar-refractivity contribution >= 4 is 28.6 Å². The third-order valence-corrected chi connectivity index (χ3v) is 4.49. The third kappa shape index (κ3) is 3.06. The number of anilines is 2. The number of nitrogens with two attached hydrogens (primary N) is 1. The summed E-state index contributed by atoms with van der Waals surface area (Å²) in [5.41, 5.74) is 6.32. The van der Waals surface area contributed by atoms with Crippen LogP contribution >= 0.6 is 0 Å². The molecule has 6 heteroatoms. The number of carbonyl (C=O) groups excluding carboxylic acids is 1. The zero-order valence-electron chi connectivity index (χ0n) is 13.3. The van der Waals surface area contributed by atoms with Crippen LogP contribution in [0.1, 0.15) is 32.6 Å². The van der Waals surface area contributed by atoms with Gasteiger partial charge in [0.1, 0.15) is 5.82 Å². The van der Waals surface area contributed by atoms with E-state index in [-0.39, 0.29) is 5.97 Å². The first-order valence-corrected chi connectivity index (χ1v) is 8.08. The van der Waals surface area contributed by atoms with Gasteiger partial charge >= 0.3 is 5.97 Å². The van der Waals surface area contributed by atoms with E-state index in [0.717, 1.165) is 36.6 Å². The number of rotatable bonds is 5. The van der Waals surface area contributed by atoms with Crippen LogP contribution in [0.2, 0.25) is 0 Å². The Bertz CT molecular complexity index is 711. The molecule has 6 nitrogen and oxygen atoms in total. The number of carbonyl (C=O) groups is 1. The quantitative estimate of drug-likeness (QED) is 0.825. The van der Waals surface area contributed by atoms with Gasteiger partial charge < -0.3 is 15.8 Å². The number of para-hydroxylation sites is 1. The Kier molecular flexibility index (Phi) is 4.32. The summed E-state index contributed by atoms with van der Waals surface area (Å²) in [6, 6.07) is 7.61. The third-order valence-electron chi connectivity index (χ3n) is 4.49. The highest BCUT2D eigenvalue weighted by molar-refractivity contribution is 5.88. The van der Waals surface area contributed by atoms with E-state index < -0.39 is 5.41 Å². The summed E-state index contributed by atoms with van der Waals surface area (Å²) in [5, 5.41) is 4.03. The number of nitrogen functional groups attached to an aromatic ring is 1. The number of esters is 1. The van der Waals surface area contributed by atoms with Crippen LogP contribution < -0.4 is 11.1 Å². The molecule has 0 atom stereocenters. The Balaban J connectivity index is 1.80. The largest absolute Gasteiger partial charge is 0.466 e. The molecule has 1 heterocycles. The van der Waals surface area contributed by atoms with Crippen molar-refractivity contribution in [3.8, 4) is 0 Å². The first-order chi connectivity index (χ1) is 11.1. The predicted molar refractivity (Wildman–Crippen MR) is 90.0 cm³/mol. The van der Waals surface area contributed by atoms with Crippen molar-refractivity contribution in [3.05, 3.63) is 24.3 Å². The molecule has 1 aliphatic rings. The highest BCUT2D eigenvalue weighted by atomic mass is 16.5. The maximum Gasteiger partial charge on any atom is 0.313 e. The van der Waals surface area contributed by atoms with Crippen molar-refractivity contribution in [2.24, 2.45) is 5.41 Å². The molecule has 3 N–H and O–H groups in total. The lowest BCUT2D eigenvalue weighted by Crippen LogP contribution is -2.37. The summed E-state index contributed by atoms with van der Waals surface area (Å²) in [7, 11) is 0. The van der Waals surface area contributed by atoms with E-state index in [2.05, 4.69) is 15.3 Å². The van der Waals surface area contributed by atoms with Crippen LogP contribution in [-0.4, -0.2) is 29.1 Å². The fourth-order valence-electron chi connectivity index (χ4n) is 3.22. The van der Waals surface area contributed by atoms with Crippen LogP contribution in [0.25, 0.3) is 10.9 Å². The van der Waals surface area contributed by atoms with Crippen molar-refractivity contribution in [3.63, 3.8) is 0 Å². The number of aromatic nitrogens is 2. The maximum atomic E-state index is 12.3. The number of fused-ring (bicyclic) bond motifs is 1. The molecule has 0 saturated heterocycles. The number of ether oxygens (including phenoxy) is 1. The molecule has 1 aromatic carbocycles. The van der Waals surface area contributed by atoms with E-state index in [0.29, 0.717) is 24.9 Å². The van der Waals surface area contributed by atoms with Crippen LogP contribution in [0.15, 0.2) is 24.3 Å². The molecular weight excluding hydrogens is 292 g/mol. The number of nitrogens with zero attached hydrogens (tertiary/aromatic N) is 2. The second kappa shape index (κ2) is 6.40. The van der Waals surface area contributed by atoms with Crippen molar-refractivity contribution in [1.29, 1.82) is 0 Å². The summed E-state index contributed by atoms with van der Waals surface area (Å²) >= 11 is 0. The standard InChI is InChI=1S/C17H22N4O2/c1-2-23-15(22)17(9-5-6-10-17)11-19-16-20-13-8-4-3-7-12(13)14(18)21-16/h3-4,7-8H,2,5-6,9-11H2,1H3,(H3,18,19,20,21). The van der Waals surface area contributed by atoms with Crippen molar-refractivity contribution in [2.45, 2.75) is 32.6 Å². The molecule has 0 bridgehead atoms. The van der Waals surface area contributed by atoms with Crippen molar-refractivity contribution < 1.29 is 9.53 Å². The highest BCUT2D eigenvalue weighted by Gasteiger charge is 2.42. The molecule has 23 heavy (non-hydrogen) atoms. The minimum absolute atomic E-state index is 0.126. The summed E-state index contributed by atoms with van der Waals surface area (Å²) in [6.45, 7) is 2.71. The van der Waals surface area contributed by atoms with Gasteiger partial charge in [-0.2, -0.15) is 4.98 Å².